The van der Waals surface area contributed by atoms with Gasteiger partial charge in [-0.15, -0.1) is 0 Å². The van der Waals surface area contributed by atoms with Gasteiger partial charge in [-0.2, -0.15) is 0 Å². The van der Waals surface area contributed by atoms with Crippen molar-refractivity contribution in [3.05, 3.63) is 0 Å². The molecule has 2 rings (SSSR count). The summed E-state index contributed by atoms with van der Waals surface area (Å²) in [5.41, 5.74) is -0.112. The molecule has 2 nitrogen and oxygen atoms in total. The molecule has 15 heavy (non-hydrogen) atoms. The molecule has 1 aliphatic carbocycles. The van der Waals surface area contributed by atoms with E-state index >= 15 is 0 Å². The highest BCUT2D eigenvalue weighted by Gasteiger charge is 2.63. The zero-order valence-corrected chi connectivity index (χ0v) is 11.3. The normalized spacial score (nSPS) is 34.6. The van der Waals surface area contributed by atoms with Crippen LogP contribution >= 0.6 is 0 Å². The number of esters is 1. The lowest BCUT2D eigenvalue weighted by atomic mass is 9.76. The van der Waals surface area contributed by atoms with Crippen LogP contribution in [0.2, 0.25) is 0 Å². The van der Waals surface area contributed by atoms with Crippen molar-refractivity contribution < 1.29 is 9.53 Å². The summed E-state index contributed by atoms with van der Waals surface area (Å²) in [5.74, 6) is 0.177. The van der Waals surface area contributed by atoms with Gasteiger partial charge in [-0.05, 0) is 19.8 Å². The van der Waals surface area contributed by atoms with E-state index in [1.54, 1.807) is 0 Å². The molecule has 2 atom stereocenters. The van der Waals surface area contributed by atoms with Gasteiger partial charge >= 0.3 is 5.97 Å². The molecule has 2 bridgehead atoms. The van der Waals surface area contributed by atoms with Gasteiger partial charge in [0.2, 0.25) is 0 Å². The summed E-state index contributed by atoms with van der Waals surface area (Å²) in [6, 6.07) is 0. The predicted molar refractivity (Wildman–Crippen MR) is 63.7 cm³/mol. The first kappa shape index (κ1) is 14.5. The van der Waals surface area contributed by atoms with Crippen LogP contribution < -0.4 is 0 Å². The molecule has 1 heterocycles. The van der Waals surface area contributed by atoms with E-state index < -0.39 is 0 Å². The van der Waals surface area contributed by atoms with E-state index in [-0.39, 0.29) is 22.9 Å². The summed E-state index contributed by atoms with van der Waals surface area (Å²) >= 11 is 0. The fourth-order valence-corrected chi connectivity index (χ4v) is 2.36. The SMILES string of the molecule is CC.CC.CC12CCC(C(=O)O1)C2(C)C. The minimum atomic E-state index is -0.172. The molecule has 0 aromatic carbocycles. The van der Waals surface area contributed by atoms with Gasteiger partial charge in [-0.3, -0.25) is 4.79 Å². The molecule has 0 N–H and O–H groups in total. The molecule has 0 amide bonds. The molecule has 1 saturated heterocycles. The van der Waals surface area contributed by atoms with Gasteiger partial charge in [0, 0.05) is 5.41 Å². The van der Waals surface area contributed by atoms with Crippen LogP contribution in [0.1, 0.15) is 61.3 Å². The third-order valence-electron chi connectivity index (χ3n) is 3.75. The van der Waals surface area contributed by atoms with Crippen LogP contribution in [-0.2, 0) is 9.53 Å². The summed E-state index contributed by atoms with van der Waals surface area (Å²) in [6.07, 6.45) is 2.05. The Balaban J connectivity index is 0.000000442. The van der Waals surface area contributed by atoms with Crippen LogP contribution in [0.3, 0.4) is 0 Å². The van der Waals surface area contributed by atoms with Crippen LogP contribution in [0.4, 0.5) is 0 Å². The number of hydrogen-bond acceptors (Lipinski definition) is 2. The lowest BCUT2D eigenvalue weighted by Gasteiger charge is -2.30. The second kappa shape index (κ2) is 5.00. The van der Waals surface area contributed by atoms with E-state index in [1.807, 2.05) is 27.7 Å². The van der Waals surface area contributed by atoms with Crippen molar-refractivity contribution in [1.29, 1.82) is 0 Å². The van der Waals surface area contributed by atoms with Crippen LogP contribution in [0.5, 0.6) is 0 Å². The number of ether oxygens (including phenoxy) is 1. The molecular formula is C13H26O2. The predicted octanol–water partition coefficient (Wildman–Crippen LogP) is 3.79. The van der Waals surface area contributed by atoms with E-state index in [4.69, 9.17) is 4.74 Å². The minimum Gasteiger partial charge on any atom is -0.459 e. The van der Waals surface area contributed by atoms with E-state index in [1.165, 1.54) is 0 Å². The molecule has 1 saturated carbocycles. The second-order valence-electron chi connectivity index (χ2n) is 4.46. The Hall–Kier alpha value is -0.530. The van der Waals surface area contributed by atoms with E-state index in [0.29, 0.717) is 0 Å². The maximum absolute atomic E-state index is 11.2. The van der Waals surface area contributed by atoms with Crippen LogP contribution in [-0.4, -0.2) is 11.6 Å². The van der Waals surface area contributed by atoms with Gasteiger partial charge in [0.25, 0.3) is 0 Å². The molecule has 2 heteroatoms. The molecule has 2 fully saturated rings. The number of hydrogen-bond donors (Lipinski definition) is 0. The number of carbonyl (C=O) groups is 1. The zero-order valence-electron chi connectivity index (χ0n) is 11.3. The molecule has 2 unspecified atom stereocenters. The van der Waals surface area contributed by atoms with Crippen LogP contribution in [0.15, 0.2) is 0 Å². The van der Waals surface area contributed by atoms with Crippen molar-refractivity contribution in [3.63, 3.8) is 0 Å². The highest BCUT2D eigenvalue weighted by atomic mass is 16.6. The first-order chi connectivity index (χ1) is 6.97. The first-order valence-electron chi connectivity index (χ1n) is 6.20. The summed E-state index contributed by atoms with van der Waals surface area (Å²) in [5, 5.41) is 0. The topological polar surface area (TPSA) is 26.3 Å². The summed E-state index contributed by atoms with van der Waals surface area (Å²) in [6.45, 7) is 14.3. The van der Waals surface area contributed by atoms with Crippen molar-refractivity contribution in [1.82, 2.24) is 0 Å². The van der Waals surface area contributed by atoms with Crippen molar-refractivity contribution in [2.24, 2.45) is 11.3 Å². The van der Waals surface area contributed by atoms with Crippen LogP contribution in [0.25, 0.3) is 0 Å². The monoisotopic (exact) mass is 214 g/mol. The van der Waals surface area contributed by atoms with Gasteiger partial charge in [-0.1, -0.05) is 41.5 Å². The highest BCUT2D eigenvalue weighted by molar-refractivity contribution is 5.78. The van der Waals surface area contributed by atoms with E-state index in [0.717, 1.165) is 12.8 Å². The van der Waals surface area contributed by atoms with Gasteiger partial charge in [0.1, 0.15) is 5.60 Å². The van der Waals surface area contributed by atoms with Crippen molar-refractivity contribution in [3.8, 4) is 0 Å². The number of fused-ring (bicyclic) bond motifs is 2. The molecular weight excluding hydrogens is 188 g/mol. The Bertz CT molecular complexity index is 218. The van der Waals surface area contributed by atoms with Crippen molar-refractivity contribution in [2.75, 3.05) is 0 Å². The Labute approximate surface area is 94.4 Å². The Morgan fingerprint density at radius 3 is 1.73 bits per heavy atom. The first-order valence-corrected chi connectivity index (χ1v) is 6.20. The Morgan fingerprint density at radius 2 is 1.60 bits per heavy atom. The number of rotatable bonds is 0. The van der Waals surface area contributed by atoms with Gasteiger partial charge in [0.15, 0.2) is 0 Å². The third kappa shape index (κ3) is 2.04. The molecule has 0 spiro atoms. The third-order valence-corrected chi connectivity index (χ3v) is 3.75. The van der Waals surface area contributed by atoms with Gasteiger partial charge < -0.3 is 4.74 Å². The fraction of sp³-hybridized carbons (Fsp3) is 0.923. The molecule has 90 valence electrons. The standard InChI is InChI=1S/C9H14O2.2C2H6/c1-8(2)6-4-5-9(8,3)11-7(6)10;2*1-2/h6H,4-5H2,1-3H3;2*1-2H3. The second-order valence-corrected chi connectivity index (χ2v) is 4.46. The van der Waals surface area contributed by atoms with Crippen molar-refractivity contribution >= 4 is 5.97 Å². The largest absolute Gasteiger partial charge is 0.459 e. The highest BCUT2D eigenvalue weighted by Crippen LogP contribution is 2.57. The molecule has 0 aromatic rings. The van der Waals surface area contributed by atoms with E-state index in [9.17, 15) is 4.79 Å². The van der Waals surface area contributed by atoms with E-state index in [2.05, 4.69) is 20.8 Å². The van der Waals surface area contributed by atoms with Gasteiger partial charge in [-0.25, -0.2) is 0 Å². The maximum atomic E-state index is 11.2. The maximum Gasteiger partial charge on any atom is 0.310 e. The quantitative estimate of drug-likeness (QED) is 0.573. The van der Waals surface area contributed by atoms with Crippen molar-refractivity contribution in [2.45, 2.75) is 66.9 Å². The zero-order chi connectivity index (χ0) is 12.3. The summed E-state index contributed by atoms with van der Waals surface area (Å²) in [4.78, 5) is 11.2. The molecule has 1 aliphatic heterocycles. The summed E-state index contributed by atoms with van der Waals surface area (Å²) in [7, 11) is 0. The average Bonchev–Trinajstić information content (AvgIpc) is 2.53. The molecule has 2 aliphatic rings. The number of carbonyl (C=O) groups excluding carboxylic acids is 1. The minimum absolute atomic E-state index is 0.0174. The summed E-state index contributed by atoms with van der Waals surface area (Å²) < 4.78 is 5.32. The smallest absolute Gasteiger partial charge is 0.310 e. The molecule has 0 aromatic heterocycles. The van der Waals surface area contributed by atoms with Crippen LogP contribution in [0, 0.1) is 11.3 Å². The lowest BCUT2D eigenvalue weighted by molar-refractivity contribution is -0.155. The Morgan fingerprint density at radius 1 is 1.13 bits per heavy atom. The fourth-order valence-electron chi connectivity index (χ4n) is 2.36. The van der Waals surface area contributed by atoms with Gasteiger partial charge in [0.05, 0.1) is 5.92 Å². The molecule has 0 radical (unpaired) electrons. The Kier molecular flexibility index (Phi) is 4.82. The lowest BCUT2D eigenvalue weighted by Crippen LogP contribution is -2.35. The average molecular weight is 214 g/mol.